The van der Waals surface area contributed by atoms with Crippen LogP contribution < -0.4 is 5.32 Å². The van der Waals surface area contributed by atoms with Gasteiger partial charge in [0.1, 0.15) is 4.88 Å². The molecule has 0 aromatic carbocycles. The van der Waals surface area contributed by atoms with E-state index in [2.05, 4.69) is 10.3 Å². The van der Waals surface area contributed by atoms with Crippen LogP contribution >= 0.6 is 11.3 Å². The normalized spacial score (nSPS) is 10.1. The molecular formula is C12H10N2O3S. The molecule has 2 N–H and O–H groups in total. The van der Waals surface area contributed by atoms with Gasteiger partial charge in [0.15, 0.2) is 0 Å². The van der Waals surface area contributed by atoms with Gasteiger partial charge >= 0.3 is 5.97 Å². The van der Waals surface area contributed by atoms with E-state index >= 15 is 0 Å². The van der Waals surface area contributed by atoms with Crippen LogP contribution in [-0.4, -0.2) is 22.0 Å². The number of nitrogens with one attached hydrogen (secondary N) is 1. The molecular weight excluding hydrogens is 252 g/mol. The summed E-state index contributed by atoms with van der Waals surface area (Å²) in [5.74, 6) is -1.36. The highest BCUT2D eigenvalue weighted by molar-refractivity contribution is 7.15. The maximum absolute atomic E-state index is 11.9. The van der Waals surface area contributed by atoms with Gasteiger partial charge in [-0.05, 0) is 31.2 Å². The fourth-order valence-corrected chi connectivity index (χ4v) is 2.12. The van der Waals surface area contributed by atoms with Crippen molar-refractivity contribution >= 4 is 28.9 Å². The molecule has 0 aliphatic carbocycles. The largest absolute Gasteiger partial charge is 0.477 e. The Labute approximate surface area is 107 Å². The molecule has 0 saturated carbocycles. The standard InChI is InChI=1S/C12H10N2O3S/c1-7-8(3-2-6-13-7)14-11(15)9-4-5-10(18-9)12(16)17/h2-6H,1H3,(H,14,15)(H,16,17). The minimum Gasteiger partial charge on any atom is -0.477 e. The molecule has 0 spiro atoms. The summed E-state index contributed by atoms with van der Waals surface area (Å²) in [4.78, 5) is 27.2. The smallest absolute Gasteiger partial charge is 0.345 e. The number of carboxylic acid groups (broad SMARTS) is 1. The third kappa shape index (κ3) is 2.54. The lowest BCUT2D eigenvalue weighted by Gasteiger charge is -2.05. The van der Waals surface area contributed by atoms with Crippen LogP contribution in [0.5, 0.6) is 0 Å². The number of aromatic carboxylic acids is 1. The molecule has 0 aliphatic heterocycles. The van der Waals surface area contributed by atoms with Crippen LogP contribution in [0.15, 0.2) is 30.5 Å². The van der Waals surface area contributed by atoms with Gasteiger partial charge < -0.3 is 10.4 Å². The molecule has 1 amide bonds. The molecule has 2 aromatic rings. The van der Waals surface area contributed by atoms with Crippen molar-refractivity contribution < 1.29 is 14.7 Å². The van der Waals surface area contributed by atoms with Crippen LogP contribution in [0.25, 0.3) is 0 Å². The number of aryl methyl sites for hydroxylation is 1. The predicted molar refractivity (Wildman–Crippen MR) is 68.2 cm³/mol. The van der Waals surface area contributed by atoms with E-state index in [0.29, 0.717) is 16.3 Å². The highest BCUT2D eigenvalue weighted by Crippen LogP contribution is 2.19. The summed E-state index contributed by atoms with van der Waals surface area (Å²) >= 11 is 0.942. The van der Waals surface area contributed by atoms with Gasteiger partial charge in [0.2, 0.25) is 0 Å². The van der Waals surface area contributed by atoms with Crippen LogP contribution in [0.2, 0.25) is 0 Å². The number of carbonyl (C=O) groups is 2. The van der Waals surface area contributed by atoms with E-state index in [0.717, 1.165) is 11.3 Å². The second kappa shape index (κ2) is 4.97. The Bertz CT molecular complexity index is 607. The van der Waals surface area contributed by atoms with Gasteiger partial charge in [-0.3, -0.25) is 9.78 Å². The highest BCUT2D eigenvalue weighted by atomic mass is 32.1. The maximum Gasteiger partial charge on any atom is 0.345 e. The zero-order valence-electron chi connectivity index (χ0n) is 9.51. The quantitative estimate of drug-likeness (QED) is 0.890. The van der Waals surface area contributed by atoms with Crippen LogP contribution in [-0.2, 0) is 0 Å². The van der Waals surface area contributed by atoms with E-state index in [9.17, 15) is 9.59 Å². The zero-order valence-corrected chi connectivity index (χ0v) is 10.3. The molecule has 0 radical (unpaired) electrons. The van der Waals surface area contributed by atoms with Gasteiger partial charge in [-0.1, -0.05) is 0 Å². The number of aromatic nitrogens is 1. The lowest BCUT2D eigenvalue weighted by atomic mass is 10.3. The fourth-order valence-electron chi connectivity index (χ4n) is 1.38. The second-order valence-electron chi connectivity index (χ2n) is 3.56. The molecule has 0 saturated heterocycles. The molecule has 2 rings (SSSR count). The lowest BCUT2D eigenvalue weighted by molar-refractivity contribution is 0.0702. The first-order valence-corrected chi connectivity index (χ1v) is 5.95. The molecule has 0 aliphatic rings. The van der Waals surface area contributed by atoms with Gasteiger partial charge in [0, 0.05) is 6.20 Å². The number of thiophene rings is 1. The summed E-state index contributed by atoms with van der Waals surface area (Å²) in [5, 5.41) is 11.5. The van der Waals surface area contributed by atoms with Crippen molar-refractivity contribution in [3.8, 4) is 0 Å². The monoisotopic (exact) mass is 262 g/mol. The highest BCUT2D eigenvalue weighted by Gasteiger charge is 2.13. The number of hydrogen-bond donors (Lipinski definition) is 2. The maximum atomic E-state index is 11.9. The number of carbonyl (C=O) groups excluding carboxylic acids is 1. The topological polar surface area (TPSA) is 79.3 Å². The molecule has 0 bridgehead atoms. The summed E-state index contributed by atoms with van der Waals surface area (Å²) in [6.07, 6.45) is 1.64. The van der Waals surface area contributed by atoms with Crippen molar-refractivity contribution in [2.24, 2.45) is 0 Å². The Hall–Kier alpha value is -2.21. The molecule has 2 aromatic heterocycles. The molecule has 5 nitrogen and oxygen atoms in total. The first-order chi connectivity index (χ1) is 8.58. The number of pyridine rings is 1. The minimum atomic E-state index is -1.03. The van der Waals surface area contributed by atoms with Crippen molar-refractivity contribution in [1.29, 1.82) is 0 Å². The molecule has 0 atom stereocenters. The van der Waals surface area contributed by atoms with E-state index in [1.165, 1.54) is 12.1 Å². The summed E-state index contributed by atoms with van der Waals surface area (Å²) in [6.45, 7) is 1.78. The van der Waals surface area contributed by atoms with E-state index in [1.807, 2.05) is 0 Å². The van der Waals surface area contributed by atoms with E-state index in [1.54, 1.807) is 25.3 Å². The summed E-state index contributed by atoms with van der Waals surface area (Å²) in [6, 6.07) is 6.37. The van der Waals surface area contributed by atoms with E-state index < -0.39 is 5.97 Å². The summed E-state index contributed by atoms with van der Waals surface area (Å²) < 4.78 is 0. The number of carboxylic acids is 1. The molecule has 0 fully saturated rings. The molecule has 0 unspecified atom stereocenters. The Kier molecular flexibility index (Phi) is 3.38. The summed E-state index contributed by atoms with van der Waals surface area (Å²) in [7, 11) is 0. The third-order valence-electron chi connectivity index (χ3n) is 2.30. The SMILES string of the molecule is Cc1ncccc1NC(=O)c1ccc(C(=O)O)s1. The van der Waals surface area contributed by atoms with Crippen LogP contribution in [0.4, 0.5) is 5.69 Å². The molecule has 18 heavy (non-hydrogen) atoms. The van der Waals surface area contributed by atoms with Crippen molar-refractivity contribution in [1.82, 2.24) is 4.98 Å². The first-order valence-electron chi connectivity index (χ1n) is 5.14. The second-order valence-corrected chi connectivity index (χ2v) is 4.64. The first kappa shape index (κ1) is 12.3. The molecule has 2 heterocycles. The van der Waals surface area contributed by atoms with Gasteiger partial charge in [-0.15, -0.1) is 11.3 Å². The zero-order chi connectivity index (χ0) is 13.1. The Morgan fingerprint density at radius 1 is 1.28 bits per heavy atom. The number of hydrogen-bond acceptors (Lipinski definition) is 4. The predicted octanol–water partition coefficient (Wildman–Crippen LogP) is 2.40. The summed E-state index contributed by atoms with van der Waals surface area (Å²) in [5.41, 5.74) is 1.33. The third-order valence-corrected chi connectivity index (χ3v) is 3.37. The van der Waals surface area contributed by atoms with Crippen LogP contribution in [0, 0.1) is 6.92 Å². The van der Waals surface area contributed by atoms with Crippen molar-refractivity contribution in [2.45, 2.75) is 6.92 Å². The number of nitrogens with zero attached hydrogens (tertiary/aromatic N) is 1. The van der Waals surface area contributed by atoms with Crippen molar-refractivity contribution in [2.75, 3.05) is 5.32 Å². The van der Waals surface area contributed by atoms with Crippen molar-refractivity contribution in [3.63, 3.8) is 0 Å². The Morgan fingerprint density at radius 3 is 2.61 bits per heavy atom. The van der Waals surface area contributed by atoms with Crippen LogP contribution in [0.1, 0.15) is 25.0 Å². The van der Waals surface area contributed by atoms with Gasteiger partial charge in [0.05, 0.1) is 16.3 Å². The Balaban J connectivity index is 2.17. The fraction of sp³-hybridized carbons (Fsp3) is 0.0833. The number of rotatable bonds is 3. The number of anilines is 1. The van der Waals surface area contributed by atoms with Crippen molar-refractivity contribution in [3.05, 3.63) is 45.9 Å². The van der Waals surface area contributed by atoms with E-state index in [-0.39, 0.29) is 10.8 Å². The number of amides is 1. The Morgan fingerprint density at radius 2 is 2.00 bits per heavy atom. The molecule has 6 heteroatoms. The minimum absolute atomic E-state index is 0.142. The molecule has 92 valence electrons. The average molecular weight is 262 g/mol. The van der Waals surface area contributed by atoms with Gasteiger partial charge in [0.25, 0.3) is 5.91 Å². The van der Waals surface area contributed by atoms with Crippen LogP contribution in [0.3, 0.4) is 0 Å². The average Bonchev–Trinajstić information content (AvgIpc) is 2.81. The lowest BCUT2D eigenvalue weighted by Crippen LogP contribution is -2.11. The van der Waals surface area contributed by atoms with Gasteiger partial charge in [-0.2, -0.15) is 0 Å². The van der Waals surface area contributed by atoms with E-state index in [4.69, 9.17) is 5.11 Å². The van der Waals surface area contributed by atoms with Gasteiger partial charge in [-0.25, -0.2) is 4.79 Å².